The molecule has 6 nitrogen and oxygen atoms in total. The second kappa shape index (κ2) is 5.85. The SMILES string of the molecule is CC1(C)OC(=O)C2C3C=CC(C3)C2C(=O)OC1CN1CCOCC1. The van der Waals surface area contributed by atoms with E-state index in [4.69, 9.17) is 14.2 Å². The average Bonchev–Trinajstić information content (AvgIpc) is 3.14. The molecule has 5 atom stereocenters. The molecule has 3 fully saturated rings. The first-order valence-corrected chi connectivity index (χ1v) is 8.87. The van der Waals surface area contributed by atoms with Gasteiger partial charge in [-0.3, -0.25) is 14.5 Å². The van der Waals surface area contributed by atoms with E-state index in [0.29, 0.717) is 19.8 Å². The molecule has 2 bridgehead atoms. The minimum Gasteiger partial charge on any atom is -0.456 e. The zero-order valence-electron chi connectivity index (χ0n) is 14.3. The largest absolute Gasteiger partial charge is 0.456 e. The summed E-state index contributed by atoms with van der Waals surface area (Å²) in [6.07, 6.45) is 4.51. The Labute approximate surface area is 142 Å². The highest BCUT2D eigenvalue weighted by Gasteiger charge is 2.56. The molecule has 0 radical (unpaired) electrons. The molecule has 2 aliphatic carbocycles. The molecule has 6 heteroatoms. The number of esters is 2. The summed E-state index contributed by atoms with van der Waals surface area (Å²) in [4.78, 5) is 27.8. The van der Waals surface area contributed by atoms with Crippen LogP contribution in [-0.4, -0.2) is 61.4 Å². The van der Waals surface area contributed by atoms with Gasteiger partial charge in [0, 0.05) is 19.6 Å². The van der Waals surface area contributed by atoms with Crippen molar-refractivity contribution in [2.24, 2.45) is 23.7 Å². The van der Waals surface area contributed by atoms with E-state index in [9.17, 15) is 9.59 Å². The Hall–Kier alpha value is -1.40. The minimum atomic E-state index is -0.832. The third-order valence-corrected chi connectivity index (χ3v) is 5.93. The molecular formula is C18H25NO5. The Morgan fingerprint density at radius 1 is 1.08 bits per heavy atom. The summed E-state index contributed by atoms with van der Waals surface area (Å²) >= 11 is 0. The third-order valence-electron chi connectivity index (χ3n) is 5.93. The Balaban J connectivity index is 1.56. The lowest BCUT2D eigenvalue weighted by Gasteiger charge is -2.41. The Morgan fingerprint density at radius 2 is 1.71 bits per heavy atom. The maximum atomic E-state index is 12.8. The van der Waals surface area contributed by atoms with Crippen molar-refractivity contribution in [2.75, 3.05) is 32.8 Å². The molecule has 5 unspecified atom stereocenters. The van der Waals surface area contributed by atoms with Crippen LogP contribution in [0.2, 0.25) is 0 Å². The van der Waals surface area contributed by atoms with Gasteiger partial charge < -0.3 is 14.2 Å². The number of cyclic esters (lactones) is 2. The van der Waals surface area contributed by atoms with Crippen LogP contribution in [0.4, 0.5) is 0 Å². The van der Waals surface area contributed by atoms with Gasteiger partial charge in [0.05, 0.1) is 25.0 Å². The summed E-state index contributed by atoms with van der Waals surface area (Å²) in [6, 6.07) is 0. The quantitative estimate of drug-likeness (QED) is 0.554. The lowest BCUT2D eigenvalue weighted by atomic mass is 9.82. The first-order chi connectivity index (χ1) is 11.5. The van der Waals surface area contributed by atoms with Crippen molar-refractivity contribution in [2.45, 2.75) is 32.0 Å². The maximum Gasteiger partial charge on any atom is 0.311 e. The molecule has 132 valence electrons. The summed E-state index contributed by atoms with van der Waals surface area (Å²) in [5, 5.41) is 0. The number of nitrogens with zero attached hydrogens (tertiary/aromatic N) is 1. The molecule has 0 spiro atoms. The van der Waals surface area contributed by atoms with E-state index in [1.807, 2.05) is 13.8 Å². The van der Waals surface area contributed by atoms with Crippen LogP contribution in [0.5, 0.6) is 0 Å². The van der Waals surface area contributed by atoms with Crippen LogP contribution in [-0.2, 0) is 23.8 Å². The lowest BCUT2D eigenvalue weighted by Crippen LogP contribution is -2.55. The topological polar surface area (TPSA) is 65.1 Å². The van der Waals surface area contributed by atoms with Crippen molar-refractivity contribution in [3.05, 3.63) is 12.2 Å². The van der Waals surface area contributed by atoms with Crippen LogP contribution in [0.3, 0.4) is 0 Å². The Bertz CT molecular complexity index is 566. The van der Waals surface area contributed by atoms with Crippen molar-refractivity contribution in [3.63, 3.8) is 0 Å². The number of allylic oxidation sites excluding steroid dienone is 2. The number of carbonyl (C=O) groups excluding carboxylic acids is 2. The molecule has 0 N–H and O–H groups in total. The van der Waals surface area contributed by atoms with Gasteiger partial charge >= 0.3 is 11.9 Å². The second-order valence-electron chi connectivity index (χ2n) is 7.86. The third kappa shape index (κ3) is 2.65. The van der Waals surface area contributed by atoms with Gasteiger partial charge in [-0.2, -0.15) is 0 Å². The van der Waals surface area contributed by atoms with E-state index in [1.54, 1.807) is 0 Å². The number of rotatable bonds is 2. The number of morpholine rings is 1. The highest BCUT2D eigenvalue weighted by Crippen LogP contribution is 2.50. The van der Waals surface area contributed by atoms with Crippen molar-refractivity contribution < 1.29 is 23.8 Å². The highest BCUT2D eigenvalue weighted by atomic mass is 16.6. The van der Waals surface area contributed by atoms with E-state index in [2.05, 4.69) is 17.1 Å². The highest BCUT2D eigenvalue weighted by molar-refractivity contribution is 5.85. The van der Waals surface area contributed by atoms with Gasteiger partial charge in [0.25, 0.3) is 0 Å². The summed E-state index contributed by atoms with van der Waals surface area (Å²) in [7, 11) is 0. The Morgan fingerprint density at radius 3 is 2.38 bits per heavy atom. The molecule has 1 saturated carbocycles. The fourth-order valence-corrected chi connectivity index (χ4v) is 4.49. The number of hydrogen-bond donors (Lipinski definition) is 0. The van der Waals surface area contributed by atoms with Gasteiger partial charge in [-0.25, -0.2) is 0 Å². The molecule has 4 aliphatic rings. The number of fused-ring (bicyclic) bond motifs is 5. The summed E-state index contributed by atoms with van der Waals surface area (Å²) in [5.74, 6) is -1.01. The molecule has 2 saturated heterocycles. The predicted octanol–water partition coefficient (Wildman–Crippen LogP) is 1.00. The molecule has 2 aliphatic heterocycles. The van der Waals surface area contributed by atoms with Gasteiger partial charge in [-0.15, -0.1) is 0 Å². The van der Waals surface area contributed by atoms with E-state index < -0.39 is 11.7 Å². The summed E-state index contributed by atoms with van der Waals surface area (Å²) in [6.45, 7) is 7.21. The fourth-order valence-electron chi connectivity index (χ4n) is 4.49. The monoisotopic (exact) mass is 335 g/mol. The molecule has 4 rings (SSSR count). The van der Waals surface area contributed by atoms with E-state index >= 15 is 0 Å². The second-order valence-corrected chi connectivity index (χ2v) is 7.86. The summed E-state index contributed by atoms with van der Waals surface area (Å²) < 4.78 is 17.1. The predicted molar refractivity (Wildman–Crippen MR) is 85.0 cm³/mol. The van der Waals surface area contributed by atoms with Crippen LogP contribution in [0.25, 0.3) is 0 Å². The van der Waals surface area contributed by atoms with Gasteiger partial charge in [-0.05, 0) is 32.1 Å². The van der Waals surface area contributed by atoms with Crippen LogP contribution in [0.15, 0.2) is 12.2 Å². The van der Waals surface area contributed by atoms with Crippen LogP contribution < -0.4 is 0 Å². The van der Waals surface area contributed by atoms with Crippen LogP contribution in [0, 0.1) is 23.7 Å². The standard InChI is InChI=1S/C18H25NO5/c1-18(2)13(10-19-5-7-22-8-6-19)23-16(20)14-11-3-4-12(9-11)15(14)17(21)24-18/h3-4,11-15H,5-10H2,1-2H3. The molecular weight excluding hydrogens is 310 g/mol. The molecule has 2 heterocycles. The maximum absolute atomic E-state index is 12.8. The van der Waals surface area contributed by atoms with Crippen molar-refractivity contribution in [1.29, 1.82) is 0 Å². The number of carbonyl (C=O) groups is 2. The number of hydrogen-bond acceptors (Lipinski definition) is 6. The average molecular weight is 335 g/mol. The molecule has 0 aromatic rings. The fraction of sp³-hybridized carbons (Fsp3) is 0.778. The van der Waals surface area contributed by atoms with Crippen molar-refractivity contribution in [3.8, 4) is 0 Å². The molecule has 0 aromatic heterocycles. The molecule has 24 heavy (non-hydrogen) atoms. The zero-order valence-corrected chi connectivity index (χ0v) is 14.3. The number of ether oxygens (including phenoxy) is 3. The van der Waals surface area contributed by atoms with Crippen LogP contribution >= 0.6 is 0 Å². The van der Waals surface area contributed by atoms with Gasteiger partial charge in [0.15, 0.2) is 6.10 Å². The molecule has 0 aromatic carbocycles. The van der Waals surface area contributed by atoms with Gasteiger partial charge in [0.1, 0.15) is 5.60 Å². The van der Waals surface area contributed by atoms with E-state index in [0.717, 1.165) is 19.5 Å². The van der Waals surface area contributed by atoms with E-state index in [1.165, 1.54) is 0 Å². The van der Waals surface area contributed by atoms with Crippen molar-refractivity contribution >= 4 is 11.9 Å². The summed E-state index contributed by atoms with van der Waals surface area (Å²) in [5.41, 5.74) is -0.832. The smallest absolute Gasteiger partial charge is 0.311 e. The first kappa shape index (κ1) is 16.1. The van der Waals surface area contributed by atoms with Gasteiger partial charge in [-0.1, -0.05) is 12.2 Å². The first-order valence-electron chi connectivity index (χ1n) is 8.87. The molecule has 0 amide bonds. The van der Waals surface area contributed by atoms with Gasteiger partial charge in [0.2, 0.25) is 0 Å². The minimum absolute atomic E-state index is 0.116. The van der Waals surface area contributed by atoms with E-state index in [-0.39, 0.29) is 35.6 Å². The Kier molecular flexibility index (Phi) is 3.92. The van der Waals surface area contributed by atoms with Crippen LogP contribution in [0.1, 0.15) is 20.3 Å². The normalized spacial score (nSPS) is 41.3. The lowest BCUT2D eigenvalue weighted by molar-refractivity contribution is -0.202. The zero-order chi connectivity index (χ0) is 16.9. The van der Waals surface area contributed by atoms with Crippen molar-refractivity contribution in [1.82, 2.24) is 4.90 Å².